The van der Waals surface area contributed by atoms with Crippen molar-refractivity contribution in [2.24, 2.45) is 17.8 Å². The fourth-order valence-electron chi connectivity index (χ4n) is 3.79. The van der Waals surface area contributed by atoms with Crippen molar-refractivity contribution in [2.75, 3.05) is 26.2 Å². The summed E-state index contributed by atoms with van der Waals surface area (Å²) in [5.74, 6) is 1.80. The van der Waals surface area contributed by atoms with Gasteiger partial charge in [-0.15, -0.1) is 5.10 Å². The quantitative estimate of drug-likeness (QED) is 0.720. The van der Waals surface area contributed by atoms with Crippen LogP contribution in [0.5, 0.6) is 0 Å². The molecule has 0 bridgehead atoms. The molecule has 1 aromatic heterocycles. The van der Waals surface area contributed by atoms with Crippen molar-refractivity contribution in [3.63, 3.8) is 0 Å². The maximum absolute atomic E-state index is 12.6. The van der Waals surface area contributed by atoms with Crippen LogP contribution in [0.15, 0.2) is 0 Å². The van der Waals surface area contributed by atoms with Crippen molar-refractivity contribution >= 4 is 5.91 Å². The van der Waals surface area contributed by atoms with Crippen LogP contribution in [0.2, 0.25) is 0 Å². The molecule has 3 atom stereocenters. The number of carbonyl (C=O) groups excluding carboxylic acids is 1. The molecule has 3 aliphatic rings. The van der Waals surface area contributed by atoms with Gasteiger partial charge in [0, 0.05) is 38.5 Å². The minimum atomic E-state index is 0.115. The number of H-pyrrole nitrogens is 1. The van der Waals surface area contributed by atoms with E-state index in [9.17, 15) is 4.79 Å². The minimum absolute atomic E-state index is 0.115. The second kappa shape index (κ2) is 4.30. The number of rotatable bonds is 1. The van der Waals surface area contributed by atoms with E-state index in [-0.39, 0.29) is 5.92 Å². The Morgan fingerprint density at radius 2 is 2.05 bits per heavy atom. The first-order chi connectivity index (χ1) is 9.31. The number of hydrogen-bond acceptors (Lipinski definition) is 4. The van der Waals surface area contributed by atoms with Gasteiger partial charge in [-0.2, -0.15) is 0 Å². The maximum Gasteiger partial charge on any atom is 0.226 e. The van der Waals surface area contributed by atoms with Gasteiger partial charge in [0.15, 0.2) is 0 Å². The monoisotopic (exact) mass is 261 g/mol. The third-order valence-electron chi connectivity index (χ3n) is 4.94. The van der Waals surface area contributed by atoms with Crippen LogP contribution in [0, 0.1) is 17.8 Å². The van der Waals surface area contributed by atoms with E-state index in [0.717, 1.165) is 56.8 Å². The number of nitrogens with one attached hydrogen (secondary N) is 2. The smallest absolute Gasteiger partial charge is 0.226 e. The third kappa shape index (κ3) is 1.85. The predicted molar refractivity (Wildman–Crippen MR) is 68.3 cm³/mol. The number of hydrogen-bond donors (Lipinski definition) is 2. The zero-order valence-electron chi connectivity index (χ0n) is 10.9. The van der Waals surface area contributed by atoms with Crippen molar-refractivity contribution in [3.05, 3.63) is 11.4 Å². The molecule has 1 amide bonds. The molecule has 6 heteroatoms. The van der Waals surface area contributed by atoms with Gasteiger partial charge in [0.1, 0.15) is 0 Å². The summed E-state index contributed by atoms with van der Waals surface area (Å²) in [6.45, 7) is 4.04. The van der Waals surface area contributed by atoms with Crippen LogP contribution in [0.4, 0.5) is 0 Å². The Hall–Kier alpha value is -1.43. The molecule has 4 rings (SSSR count). The Morgan fingerprint density at radius 3 is 2.84 bits per heavy atom. The second-order valence-corrected chi connectivity index (χ2v) is 6.10. The zero-order chi connectivity index (χ0) is 12.8. The van der Waals surface area contributed by atoms with Gasteiger partial charge in [-0.3, -0.25) is 9.89 Å². The van der Waals surface area contributed by atoms with E-state index in [1.165, 1.54) is 0 Å². The van der Waals surface area contributed by atoms with Gasteiger partial charge in [-0.1, -0.05) is 5.21 Å². The summed E-state index contributed by atoms with van der Waals surface area (Å²) in [4.78, 5) is 14.7. The average Bonchev–Trinajstić information content (AvgIpc) is 3.11. The van der Waals surface area contributed by atoms with E-state index < -0.39 is 0 Å². The Bertz CT molecular complexity index is 487. The molecule has 0 spiro atoms. The number of fused-ring (bicyclic) bond motifs is 2. The molecule has 6 nitrogen and oxygen atoms in total. The largest absolute Gasteiger partial charge is 0.342 e. The van der Waals surface area contributed by atoms with E-state index >= 15 is 0 Å². The summed E-state index contributed by atoms with van der Waals surface area (Å²) >= 11 is 0. The van der Waals surface area contributed by atoms with Crippen LogP contribution in [0.1, 0.15) is 17.8 Å². The molecule has 3 heterocycles. The van der Waals surface area contributed by atoms with Crippen LogP contribution in [0.25, 0.3) is 0 Å². The number of carbonyl (C=O) groups is 1. The summed E-state index contributed by atoms with van der Waals surface area (Å²) in [5, 5.41) is 14.3. The van der Waals surface area contributed by atoms with Gasteiger partial charge in [-0.25, -0.2) is 0 Å². The first-order valence-corrected chi connectivity index (χ1v) is 7.19. The minimum Gasteiger partial charge on any atom is -0.342 e. The van der Waals surface area contributed by atoms with E-state index in [0.29, 0.717) is 17.7 Å². The normalized spacial score (nSPS) is 33.3. The first-order valence-electron chi connectivity index (χ1n) is 7.19. The molecule has 2 fully saturated rings. The van der Waals surface area contributed by atoms with E-state index in [4.69, 9.17) is 0 Å². The fraction of sp³-hybridized carbons (Fsp3) is 0.769. The van der Waals surface area contributed by atoms with Gasteiger partial charge >= 0.3 is 0 Å². The number of likely N-dealkylation sites (tertiary alicyclic amines) is 1. The van der Waals surface area contributed by atoms with Crippen LogP contribution >= 0.6 is 0 Å². The van der Waals surface area contributed by atoms with Gasteiger partial charge < -0.3 is 10.2 Å². The topological polar surface area (TPSA) is 73.9 Å². The highest BCUT2D eigenvalue weighted by Crippen LogP contribution is 2.30. The average molecular weight is 261 g/mol. The highest BCUT2D eigenvalue weighted by molar-refractivity contribution is 5.79. The predicted octanol–water partition coefficient (Wildman–Crippen LogP) is -0.413. The molecule has 102 valence electrons. The van der Waals surface area contributed by atoms with Crippen molar-refractivity contribution in [1.82, 2.24) is 25.6 Å². The molecule has 2 saturated heterocycles. The van der Waals surface area contributed by atoms with Gasteiger partial charge in [0.05, 0.1) is 11.4 Å². The van der Waals surface area contributed by atoms with Gasteiger partial charge in [0.2, 0.25) is 5.91 Å². The number of nitrogens with zero attached hydrogens (tertiary/aromatic N) is 3. The molecule has 0 saturated carbocycles. The van der Waals surface area contributed by atoms with Crippen molar-refractivity contribution in [3.8, 4) is 0 Å². The van der Waals surface area contributed by atoms with E-state index in [1.54, 1.807) is 0 Å². The lowest BCUT2D eigenvalue weighted by Gasteiger charge is -2.26. The first kappa shape index (κ1) is 11.4. The molecule has 0 aromatic carbocycles. The lowest BCUT2D eigenvalue weighted by molar-refractivity contribution is -0.135. The Labute approximate surface area is 111 Å². The number of amides is 1. The van der Waals surface area contributed by atoms with Crippen LogP contribution in [-0.4, -0.2) is 52.4 Å². The highest BCUT2D eigenvalue weighted by Gasteiger charge is 2.40. The summed E-state index contributed by atoms with van der Waals surface area (Å²) < 4.78 is 0. The molecule has 0 unspecified atom stereocenters. The summed E-state index contributed by atoms with van der Waals surface area (Å²) in [6.07, 6.45) is 2.59. The van der Waals surface area contributed by atoms with E-state index in [2.05, 4.69) is 25.6 Å². The summed E-state index contributed by atoms with van der Waals surface area (Å²) in [5.41, 5.74) is 2.11. The Kier molecular flexibility index (Phi) is 2.58. The van der Waals surface area contributed by atoms with Gasteiger partial charge in [0.25, 0.3) is 0 Å². The third-order valence-corrected chi connectivity index (χ3v) is 4.94. The lowest BCUT2D eigenvalue weighted by Crippen LogP contribution is -2.38. The van der Waals surface area contributed by atoms with Crippen molar-refractivity contribution in [1.29, 1.82) is 0 Å². The highest BCUT2D eigenvalue weighted by atomic mass is 16.2. The summed E-state index contributed by atoms with van der Waals surface area (Å²) in [7, 11) is 0. The van der Waals surface area contributed by atoms with Crippen LogP contribution in [0.3, 0.4) is 0 Å². The van der Waals surface area contributed by atoms with Crippen molar-refractivity contribution in [2.45, 2.75) is 19.3 Å². The zero-order valence-corrected chi connectivity index (χ0v) is 10.9. The SMILES string of the molecule is O=C([C@@H]1CCc2[nH]nnc2C1)N1C[C@H]2CNC[C@@H]2C1. The molecular formula is C13H19N5O. The standard InChI is InChI=1S/C13H19N5O/c19-13(18-6-9-4-14-5-10(9)7-18)8-1-2-11-12(3-8)16-17-15-11/h8-10,14H,1-7H2,(H,15,16,17)/t8-,9-,10-/m1/s1. The van der Waals surface area contributed by atoms with Crippen LogP contribution < -0.4 is 5.32 Å². The summed E-state index contributed by atoms with van der Waals surface area (Å²) in [6, 6.07) is 0. The van der Waals surface area contributed by atoms with Crippen molar-refractivity contribution < 1.29 is 4.79 Å². The second-order valence-electron chi connectivity index (χ2n) is 6.10. The fourth-order valence-corrected chi connectivity index (χ4v) is 3.79. The number of aryl methyl sites for hydroxylation is 1. The Balaban J connectivity index is 1.44. The Morgan fingerprint density at radius 1 is 1.26 bits per heavy atom. The molecular weight excluding hydrogens is 242 g/mol. The molecule has 1 aromatic rings. The maximum atomic E-state index is 12.6. The van der Waals surface area contributed by atoms with Crippen LogP contribution in [-0.2, 0) is 17.6 Å². The lowest BCUT2D eigenvalue weighted by atomic mass is 9.89. The molecule has 2 N–H and O–H groups in total. The molecule has 0 radical (unpaired) electrons. The van der Waals surface area contributed by atoms with E-state index in [1.807, 2.05) is 0 Å². The molecule has 1 aliphatic carbocycles. The molecule has 19 heavy (non-hydrogen) atoms. The number of aromatic nitrogens is 3. The molecule has 2 aliphatic heterocycles. The van der Waals surface area contributed by atoms with Gasteiger partial charge in [-0.05, 0) is 24.7 Å². The number of aromatic amines is 1.